The average molecular weight is 478 g/mol. The van der Waals surface area contributed by atoms with Crippen molar-refractivity contribution in [1.29, 1.82) is 0 Å². The number of rotatable bonds is 8. The first kappa shape index (κ1) is 24.0. The van der Waals surface area contributed by atoms with Crippen LogP contribution in [0.4, 0.5) is 5.69 Å². The molecule has 1 atom stereocenters. The van der Waals surface area contributed by atoms with Gasteiger partial charge in [-0.3, -0.25) is 14.0 Å². The Morgan fingerprint density at radius 1 is 0.941 bits per heavy atom. The molecule has 178 valence electrons. The van der Waals surface area contributed by atoms with Crippen molar-refractivity contribution in [2.75, 3.05) is 31.0 Å². The summed E-state index contributed by atoms with van der Waals surface area (Å²) in [4.78, 5) is 15.5. The molecule has 0 bridgehead atoms. The van der Waals surface area contributed by atoms with E-state index in [1.54, 1.807) is 48.5 Å². The lowest BCUT2D eigenvalue weighted by Crippen LogP contribution is -2.36. The van der Waals surface area contributed by atoms with Crippen LogP contribution in [0.15, 0.2) is 83.8 Å². The van der Waals surface area contributed by atoms with E-state index in [0.29, 0.717) is 17.8 Å². The number of amides is 1. The van der Waals surface area contributed by atoms with Crippen LogP contribution >= 0.6 is 0 Å². The number of likely N-dealkylation sites (tertiary alicyclic amines) is 1. The fourth-order valence-electron chi connectivity index (χ4n) is 4.31. The van der Waals surface area contributed by atoms with Gasteiger partial charge in [0, 0.05) is 19.2 Å². The number of nitrogens with one attached hydrogen (secondary N) is 1. The first-order valence-corrected chi connectivity index (χ1v) is 13.0. The monoisotopic (exact) mass is 477 g/mol. The van der Waals surface area contributed by atoms with Gasteiger partial charge in [0.05, 0.1) is 16.6 Å². The molecule has 1 heterocycles. The summed E-state index contributed by atoms with van der Waals surface area (Å²) in [5, 5.41) is 3.07. The second-order valence-electron chi connectivity index (χ2n) is 8.71. The number of nitrogens with zero attached hydrogens (tertiary/aromatic N) is 2. The Bertz CT molecular complexity index is 1200. The summed E-state index contributed by atoms with van der Waals surface area (Å²) in [6, 6.07) is 23.8. The molecule has 4 rings (SSSR count). The van der Waals surface area contributed by atoms with Crippen LogP contribution in [0.3, 0.4) is 0 Å². The molecule has 3 aromatic rings. The summed E-state index contributed by atoms with van der Waals surface area (Å²) in [7, 11) is -2.16. The van der Waals surface area contributed by atoms with Crippen molar-refractivity contribution in [3.8, 4) is 0 Å². The van der Waals surface area contributed by atoms with Gasteiger partial charge in [0.1, 0.15) is 0 Å². The largest absolute Gasteiger partial charge is 0.350 e. The van der Waals surface area contributed by atoms with E-state index >= 15 is 0 Å². The molecular weight excluding hydrogens is 446 g/mol. The molecular formula is C27H31N3O3S. The molecule has 3 aromatic carbocycles. The van der Waals surface area contributed by atoms with Gasteiger partial charge in [0.25, 0.3) is 15.9 Å². The molecule has 0 aromatic heterocycles. The van der Waals surface area contributed by atoms with E-state index in [0.717, 1.165) is 18.7 Å². The molecule has 34 heavy (non-hydrogen) atoms. The van der Waals surface area contributed by atoms with E-state index in [9.17, 15) is 13.2 Å². The van der Waals surface area contributed by atoms with Gasteiger partial charge in [-0.25, -0.2) is 8.42 Å². The summed E-state index contributed by atoms with van der Waals surface area (Å²) < 4.78 is 27.1. The van der Waals surface area contributed by atoms with Crippen molar-refractivity contribution in [1.82, 2.24) is 10.2 Å². The first-order chi connectivity index (χ1) is 16.4. The minimum atomic E-state index is -3.68. The highest BCUT2D eigenvalue weighted by atomic mass is 32.2. The van der Waals surface area contributed by atoms with Crippen LogP contribution in [0.1, 0.15) is 40.4 Å². The second kappa shape index (κ2) is 10.4. The van der Waals surface area contributed by atoms with E-state index in [-0.39, 0.29) is 16.8 Å². The lowest BCUT2D eigenvalue weighted by Gasteiger charge is -2.28. The quantitative estimate of drug-likeness (QED) is 0.523. The van der Waals surface area contributed by atoms with Gasteiger partial charge in [0.2, 0.25) is 0 Å². The lowest BCUT2D eigenvalue weighted by molar-refractivity contribution is 0.0938. The SMILES string of the molecule is Cc1ccc(S(=O)(=O)N(C)c2ccc(C(=O)NC[C@@H](c3ccccc3)N3CCCC3)cc2)cc1. The van der Waals surface area contributed by atoms with Crippen LogP contribution in [0.5, 0.6) is 0 Å². The van der Waals surface area contributed by atoms with Gasteiger partial charge in [-0.2, -0.15) is 0 Å². The molecule has 1 saturated heterocycles. The number of benzene rings is 3. The maximum absolute atomic E-state index is 12.9. The number of anilines is 1. The van der Waals surface area contributed by atoms with Gasteiger partial charge in [-0.05, 0) is 74.8 Å². The van der Waals surface area contributed by atoms with E-state index in [4.69, 9.17) is 0 Å². The molecule has 0 saturated carbocycles. The zero-order chi connectivity index (χ0) is 24.1. The van der Waals surface area contributed by atoms with Gasteiger partial charge >= 0.3 is 0 Å². The first-order valence-electron chi connectivity index (χ1n) is 11.6. The Labute approximate surface area is 202 Å². The lowest BCUT2D eigenvalue weighted by atomic mass is 10.1. The standard InChI is InChI=1S/C27H31N3O3S/c1-21-10-16-25(17-11-21)34(32,33)29(2)24-14-12-23(13-15-24)27(31)28-20-26(30-18-6-7-19-30)22-8-4-3-5-9-22/h3-5,8-17,26H,6-7,18-20H2,1-2H3,(H,28,31)/t26-/m0/s1. The van der Waals surface area contributed by atoms with E-state index in [1.807, 2.05) is 25.1 Å². The summed E-state index contributed by atoms with van der Waals surface area (Å²) in [5.74, 6) is -0.171. The third-order valence-electron chi connectivity index (χ3n) is 6.39. The van der Waals surface area contributed by atoms with Crippen molar-refractivity contribution in [2.45, 2.75) is 30.7 Å². The highest BCUT2D eigenvalue weighted by molar-refractivity contribution is 7.92. The third-order valence-corrected chi connectivity index (χ3v) is 8.19. The maximum atomic E-state index is 12.9. The third kappa shape index (κ3) is 5.32. The topological polar surface area (TPSA) is 69.7 Å². The highest BCUT2D eigenvalue weighted by Crippen LogP contribution is 2.25. The van der Waals surface area contributed by atoms with Gasteiger partial charge in [-0.1, -0.05) is 48.0 Å². The van der Waals surface area contributed by atoms with Crippen LogP contribution in [0.25, 0.3) is 0 Å². The van der Waals surface area contributed by atoms with Gasteiger partial charge < -0.3 is 5.32 Å². The summed E-state index contributed by atoms with van der Waals surface area (Å²) in [6.07, 6.45) is 2.36. The highest BCUT2D eigenvalue weighted by Gasteiger charge is 2.24. The number of aryl methyl sites for hydroxylation is 1. The number of carbonyl (C=O) groups is 1. The van der Waals surface area contributed by atoms with Crippen LogP contribution in [0, 0.1) is 6.92 Å². The molecule has 0 unspecified atom stereocenters. The molecule has 1 aliphatic heterocycles. The van der Waals surface area contributed by atoms with E-state index in [1.165, 1.54) is 29.8 Å². The fraction of sp³-hybridized carbons (Fsp3) is 0.296. The van der Waals surface area contributed by atoms with E-state index in [2.05, 4.69) is 22.3 Å². The predicted octanol–water partition coefficient (Wildman–Crippen LogP) is 4.39. The number of hydrogen-bond donors (Lipinski definition) is 1. The number of sulfonamides is 1. The summed E-state index contributed by atoms with van der Waals surface area (Å²) in [6.45, 7) is 4.50. The van der Waals surface area contributed by atoms with E-state index < -0.39 is 10.0 Å². The predicted molar refractivity (Wildman–Crippen MR) is 136 cm³/mol. The van der Waals surface area contributed by atoms with Crippen LogP contribution in [-0.2, 0) is 10.0 Å². The van der Waals surface area contributed by atoms with Crippen molar-refractivity contribution in [3.63, 3.8) is 0 Å². The minimum absolute atomic E-state index is 0.137. The normalized spacial score (nSPS) is 15.1. The molecule has 0 aliphatic carbocycles. The van der Waals surface area contributed by atoms with Gasteiger partial charge in [0.15, 0.2) is 0 Å². The Morgan fingerprint density at radius 2 is 1.56 bits per heavy atom. The summed E-state index contributed by atoms with van der Waals surface area (Å²) in [5.41, 5.74) is 3.19. The fourth-order valence-corrected chi connectivity index (χ4v) is 5.50. The van der Waals surface area contributed by atoms with Gasteiger partial charge in [-0.15, -0.1) is 0 Å². The molecule has 0 spiro atoms. The number of hydrogen-bond acceptors (Lipinski definition) is 4. The Hall–Kier alpha value is -3.16. The summed E-state index contributed by atoms with van der Waals surface area (Å²) >= 11 is 0. The molecule has 1 amide bonds. The smallest absolute Gasteiger partial charge is 0.264 e. The van der Waals surface area contributed by atoms with Crippen molar-refractivity contribution in [2.24, 2.45) is 0 Å². The molecule has 7 heteroatoms. The zero-order valence-corrected chi connectivity index (χ0v) is 20.5. The molecule has 6 nitrogen and oxygen atoms in total. The molecule has 1 N–H and O–H groups in total. The van der Waals surface area contributed by atoms with Crippen molar-refractivity contribution in [3.05, 3.63) is 95.6 Å². The Balaban J connectivity index is 1.44. The van der Waals surface area contributed by atoms with Crippen LogP contribution < -0.4 is 9.62 Å². The minimum Gasteiger partial charge on any atom is -0.350 e. The van der Waals surface area contributed by atoms with Crippen molar-refractivity contribution >= 4 is 21.6 Å². The molecule has 0 radical (unpaired) electrons. The molecule has 1 aliphatic rings. The van der Waals surface area contributed by atoms with Crippen LogP contribution in [-0.4, -0.2) is 45.9 Å². The maximum Gasteiger partial charge on any atom is 0.264 e. The van der Waals surface area contributed by atoms with Crippen molar-refractivity contribution < 1.29 is 13.2 Å². The second-order valence-corrected chi connectivity index (χ2v) is 10.7. The average Bonchev–Trinajstić information content (AvgIpc) is 3.39. The zero-order valence-electron chi connectivity index (χ0n) is 19.6. The number of carbonyl (C=O) groups excluding carboxylic acids is 1. The Morgan fingerprint density at radius 3 is 2.18 bits per heavy atom. The van der Waals surface area contributed by atoms with Crippen LogP contribution in [0.2, 0.25) is 0 Å². The Kier molecular flexibility index (Phi) is 7.34. The molecule has 1 fully saturated rings.